The average molecular weight is 453 g/mol. The van der Waals surface area contributed by atoms with Gasteiger partial charge in [-0.25, -0.2) is 4.79 Å². The number of alkyl halides is 1. The summed E-state index contributed by atoms with van der Waals surface area (Å²) in [6.07, 6.45) is 0.362. The van der Waals surface area contributed by atoms with Crippen LogP contribution in [-0.2, 0) is 11.2 Å². The molecular weight excluding hydrogens is 427 g/mol. The second-order valence-corrected chi connectivity index (χ2v) is 8.14. The molecule has 1 N–H and O–H groups in total. The van der Waals surface area contributed by atoms with Gasteiger partial charge in [0.2, 0.25) is 0 Å². The molecule has 0 saturated carbocycles. The molecule has 0 spiro atoms. The summed E-state index contributed by atoms with van der Waals surface area (Å²) in [4.78, 5) is 14.3. The fourth-order valence-corrected chi connectivity index (χ4v) is 3.10. The van der Waals surface area contributed by atoms with Crippen LogP contribution >= 0.6 is 34.2 Å². The van der Waals surface area contributed by atoms with Gasteiger partial charge in [-0.2, -0.15) is 0 Å². The summed E-state index contributed by atoms with van der Waals surface area (Å²) in [6, 6.07) is 7.71. The third-order valence-corrected chi connectivity index (χ3v) is 3.85. The first-order valence-corrected chi connectivity index (χ1v) is 9.58. The second-order valence-electron chi connectivity index (χ2n) is 6.62. The van der Waals surface area contributed by atoms with Gasteiger partial charge in [0.05, 0.1) is 0 Å². The molecule has 0 aliphatic heterocycles. The number of carbonyl (C=O) groups is 1. The predicted molar refractivity (Wildman–Crippen MR) is 105 cm³/mol. The molecule has 1 atom stereocenters. The highest BCUT2D eigenvalue weighted by molar-refractivity contribution is 14.1. The lowest BCUT2D eigenvalue weighted by atomic mass is 10.1. The Morgan fingerprint density at radius 3 is 2.48 bits per heavy atom. The van der Waals surface area contributed by atoms with Gasteiger partial charge in [0, 0.05) is 28.6 Å². The number of nitrogens with zero attached hydrogens (tertiary/aromatic N) is 1. The van der Waals surface area contributed by atoms with Gasteiger partial charge >= 0.3 is 6.09 Å². The molecular formula is C17H26ClIN2O2. The van der Waals surface area contributed by atoms with Crippen LogP contribution in [-0.4, -0.2) is 47.2 Å². The predicted octanol–water partition coefficient (Wildman–Crippen LogP) is 4.14. The summed E-state index contributed by atoms with van der Waals surface area (Å²) >= 11 is 8.28. The van der Waals surface area contributed by atoms with Crippen LogP contribution in [0.1, 0.15) is 26.3 Å². The molecule has 4 nitrogen and oxygen atoms in total. The molecule has 0 heterocycles. The SMILES string of the molecule is CN(CCI)C[C@H](Cc1ccc(Cl)cc1)NC(=O)OC(C)(C)C. The van der Waals surface area contributed by atoms with Crippen molar-refractivity contribution in [2.75, 3.05) is 24.6 Å². The Kier molecular flexibility index (Phi) is 8.64. The molecule has 0 aromatic heterocycles. The molecule has 0 aliphatic rings. The summed E-state index contributed by atoms with van der Waals surface area (Å²) in [7, 11) is 2.06. The van der Waals surface area contributed by atoms with Crippen LogP contribution in [0.4, 0.5) is 4.79 Å². The normalized spacial score (nSPS) is 13.0. The van der Waals surface area contributed by atoms with Crippen LogP contribution < -0.4 is 5.32 Å². The monoisotopic (exact) mass is 452 g/mol. The van der Waals surface area contributed by atoms with Gasteiger partial charge in [0.25, 0.3) is 0 Å². The Morgan fingerprint density at radius 1 is 1.35 bits per heavy atom. The highest BCUT2D eigenvalue weighted by Gasteiger charge is 2.20. The Balaban J connectivity index is 2.71. The topological polar surface area (TPSA) is 41.6 Å². The highest BCUT2D eigenvalue weighted by atomic mass is 127. The molecule has 23 heavy (non-hydrogen) atoms. The smallest absolute Gasteiger partial charge is 0.407 e. The number of hydrogen-bond donors (Lipinski definition) is 1. The first-order valence-electron chi connectivity index (χ1n) is 7.68. The van der Waals surface area contributed by atoms with Crippen molar-refractivity contribution in [2.45, 2.75) is 38.8 Å². The molecule has 0 unspecified atom stereocenters. The fraction of sp³-hybridized carbons (Fsp3) is 0.588. The van der Waals surface area contributed by atoms with E-state index in [0.717, 1.165) is 29.5 Å². The Labute approximate surface area is 158 Å². The van der Waals surface area contributed by atoms with Crippen molar-refractivity contribution in [1.29, 1.82) is 0 Å². The van der Waals surface area contributed by atoms with E-state index in [9.17, 15) is 4.79 Å². The largest absolute Gasteiger partial charge is 0.444 e. The third kappa shape index (κ3) is 9.37. The molecule has 1 rings (SSSR count). The van der Waals surface area contributed by atoms with Crippen molar-refractivity contribution < 1.29 is 9.53 Å². The lowest BCUT2D eigenvalue weighted by Crippen LogP contribution is -2.46. The number of carbonyl (C=O) groups excluding carboxylic acids is 1. The molecule has 0 radical (unpaired) electrons. The maximum atomic E-state index is 12.1. The second kappa shape index (κ2) is 9.69. The maximum absolute atomic E-state index is 12.1. The molecule has 0 aliphatic carbocycles. The number of alkyl carbamates (subject to hydrolysis) is 1. The van der Waals surface area contributed by atoms with Crippen LogP contribution in [0, 0.1) is 0 Å². The van der Waals surface area contributed by atoms with Gasteiger partial charge in [-0.1, -0.05) is 46.3 Å². The van der Waals surface area contributed by atoms with Gasteiger partial charge in [-0.05, 0) is 51.9 Å². The molecule has 0 saturated heterocycles. The van der Waals surface area contributed by atoms with Crippen molar-refractivity contribution in [2.24, 2.45) is 0 Å². The summed E-state index contributed by atoms with van der Waals surface area (Å²) < 4.78 is 6.43. The van der Waals surface area contributed by atoms with Crippen molar-refractivity contribution in [3.05, 3.63) is 34.9 Å². The molecule has 1 aromatic carbocycles. The van der Waals surface area contributed by atoms with Gasteiger partial charge in [-0.15, -0.1) is 0 Å². The van der Waals surface area contributed by atoms with Crippen LogP contribution in [0.25, 0.3) is 0 Å². The molecule has 0 bridgehead atoms. The zero-order chi connectivity index (χ0) is 17.5. The van der Waals surface area contributed by atoms with E-state index in [1.165, 1.54) is 0 Å². The average Bonchev–Trinajstić information content (AvgIpc) is 2.39. The van der Waals surface area contributed by atoms with E-state index in [0.29, 0.717) is 5.02 Å². The number of nitrogens with one attached hydrogen (secondary N) is 1. The fourth-order valence-electron chi connectivity index (χ4n) is 2.15. The van der Waals surface area contributed by atoms with Crippen LogP contribution in [0.2, 0.25) is 5.02 Å². The van der Waals surface area contributed by atoms with E-state index >= 15 is 0 Å². The Bertz CT molecular complexity index is 488. The number of rotatable bonds is 7. The zero-order valence-corrected chi connectivity index (χ0v) is 17.1. The number of hydrogen-bond acceptors (Lipinski definition) is 3. The van der Waals surface area contributed by atoms with Gasteiger partial charge in [-0.3, -0.25) is 0 Å². The molecule has 1 aromatic rings. The lowest BCUT2D eigenvalue weighted by Gasteiger charge is -2.27. The van der Waals surface area contributed by atoms with E-state index in [1.54, 1.807) is 0 Å². The zero-order valence-electron chi connectivity index (χ0n) is 14.2. The first kappa shape index (κ1) is 20.5. The number of halogens is 2. The Morgan fingerprint density at radius 2 is 1.96 bits per heavy atom. The number of amides is 1. The van der Waals surface area contributed by atoms with Crippen molar-refractivity contribution in [3.63, 3.8) is 0 Å². The van der Waals surface area contributed by atoms with Crippen LogP contribution in [0.3, 0.4) is 0 Å². The van der Waals surface area contributed by atoms with E-state index in [2.05, 4.69) is 39.9 Å². The van der Waals surface area contributed by atoms with E-state index < -0.39 is 5.60 Å². The van der Waals surface area contributed by atoms with Crippen LogP contribution in [0.15, 0.2) is 24.3 Å². The first-order chi connectivity index (χ1) is 10.7. The molecule has 0 fully saturated rings. The molecule has 6 heteroatoms. The number of benzene rings is 1. The standard InChI is InChI=1S/C17H26ClIN2O2/c1-17(2,3)23-16(22)20-15(12-21(4)10-9-19)11-13-5-7-14(18)8-6-13/h5-8,15H,9-12H2,1-4H3,(H,20,22)/t15-/m0/s1. The summed E-state index contributed by atoms with van der Waals surface area (Å²) in [5, 5.41) is 3.70. The van der Waals surface area contributed by atoms with E-state index in [-0.39, 0.29) is 12.1 Å². The minimum absolute atomic E-state index is 0.0148. The van der Waals surface area contributed by atoms with E-state index in [1.807, 2.05) is 45.0 Å². The minimum atomic E-state index is -0.497. The number of likely N-dealkylation sites (N-methyl/N-ethyl adjacent to an activating group) is 1. The maximum Gasteiger partial charge on any atom is 0.407 e. The van der Waals surface area contributed by atoms with Gasteiger partial charge in [0.1, 0.15) is 5.60 Å². The van der Waals surface area contributed by atoms with Gasteiger partial charge < -0.3 is 15.0 Å². The third-order valence-electron chi connectivity index (χ3n) is 3.11. The van der Waals surface area contributed by atoms with Crippen molar-refractivity contribution in [1.82, 2.24) is 10.2 Å². The number of ether oxygens (including phenoxy) is 1. The van der Waals surface area contributed by atoms with Crippen molar-refractivity contribution in [3.8, 4) is 0 Å². The van der Waals surface area contributed by atoms with Crippen LogP contribution in [0.5, 0.6) is 0 Å². The minimum Gasteiger partial charge on any atom is -0.444 e. The summed E-state index contributed by atoms with van der Waals surface area (Å²) in [6.45, 7) is 7.34. The molecule has 130 valence electrons. The summed E-state index contributed by atoms with van der Waals surface area (Å²) in [5.74, 6) is 0. The Hall–Kier alpha value is -0.530. The summed E-state index contributed by atoms with van der Waals surface area (Å²) in [5.41, 5.74) is 0.640. The van der Waals surface area contributed by atoms with Crippen molar-refractivity contribution >= 4 is 40.3 Å². The van der Waals surface area contributed by atoms with E-state index in [4.69, 9.17) is 16.3 Å². The highest BCUT2D eigenvalue weighted by Crippen LogP contribution is 2.12. The van der Waals surface area contributed by atoms with Gasteiger partial charge in [0.15, 0.2) is 0 Å². The lowest BCUT2D eigenvalue weighted by molar-refractivity contribution is 0.0495. The quantitative estimate of drug-likeness (QED) is 0.499. The molecule has 1 amide bonds.